The molecule has 0 radical (unpaired) electrons. The summed E-state index contributed by atoms with van der Waals surface area (Å²) in [6.07, 6.45) is 3.71. The van der Waals surface area contributed by atoms with Crippen molar-refractivity contribution in [2.24, 2.45) is 11.7 Å². The van der Waals surface area contributed by atoms with Crippen LogP contribution in [-0.2, 0) is 4.74 Å². The number of nitrogens with two attached hydrogens (primary N) is 1. The molecule has 16 heavy (non-hydrogen) atoms. The van der Waals surface area contributed by atoms with Crippen LogP contribution >= 0.6 is 0 Å². The van der Waals surface area contributed by atoms with E-state index in [0.717, 1.165) is 25.4 Å². The maximum atomic E-state index is 5.88. The summed E-state index contributed by atoms with van der Waals surface area (Å²) in [5, 5.41) is 0. The maximum Gasteiger partial charge on any atom is 0.0634 e. The van der Waals surface area contributed by atoms with Gasteiger partial charge in [-0.15, -0.1) is 0 Å². The monoisotopic (exact) mass is 228 g/mol. The first-order valence-corrected chi connectivity index (χ1v) is 6.49. The molecule has 0 aromatic carbocycles. The van der Waals surface area contributed by atoms with Crippen LogP contribution in [0, 0.1) is 5.92 Å². The minimum absolute atomic E-state index is 0.0141. The predicted octanol–water partition coefficient (Wildman–Crippen LogP) is 1.86. The molecule has 2 atom stereocenters. The molecule has 1 saturated heterocycles. The van der Waals surface area contributed by atoms with Crippen molar-refractivity contribution in [1.29, 1.82) is 0 Å². The molecule has 2 N–H and O–H groups in total. The van der Waals surface area contributed by atoms with Crippen molar-refractivity contribution in [3.63, 3.8) is 0 Å². The molecule has 0 aromatic rings. The highest BCUT2D eigenvalue weighted by Crippen LogP contribution is 2.24. The van der Waals surface area contributed by atoms with Crippen molar-refractivity contribution in [3.8, 4) is 0 Å². The Hall–Kier alpha value is -0.120. The lowest BCUT2D eigenvalue weighted by Crippen LogP contribution is -2.49. The summed E-state index contributed by atoms with van der Waals surface area (Å²) in [5.41, 5.74) is 5.87. The zero-order chi connectivity index (χ0) is 12.2. The second-order valence-corrected chi connectivity index (χ2v) is 5.67. The van der Waals surface area contributed by atoms with Crippen molar-refractivity contribution in [3.05, 3.63) is 0 Å². The SMILES string of the molecule is COC(C)(C)CCN1CCCC(C)C1CN. The first-order valence-electron chi connectivity index (χ1n) is 6.49. The van der Waals surface area contributed by atoms with E-state index in [0.29, 0.717) is 6.04 Å². The highest BCUT2D eigenvalue weighted by Gasteiger charge is 2.28. The summed E-state index contributed by atoms with van der Waals surface area (Å²) in [7, 11) is 1.79. The number of nitrogens with zero attached hydrogens (tertiary/aromatic N) is 1. The Morgan fingerprint density at radius 3 is 2.69 bits per heavy atom. The van der Waals surface area contributed by atoms with E-state index in [4.69, 9.17) is 10.5 Å². The molecule has 1 heterocycles. The summed E-state index contributed by atoms with van der Waals surface area (Å²) >= 11 is 0. The lowest BCUT2D eigenvalue weighted by Gasteiger charge is -2.40. The van der Waals surface area contributed by atoms with Crippen LogP contribution in [0.4, 0.5) is 0 Å². The highest BCUT2D eigenvalue weighted by molar-refractivity contribution is 4.84. The average Bonchev–Trinajstić information content (AvgIpc) is 2.26. The summed E-state index contributed by atoms with van der Waals surface area (Å²) in [6.45, 7) is 9.72. The highest BCUT2D eigenvalue weighted by atomic mass is 16.5. The summed E-state index contributed by atoms with van der Waals surface area (Å²) in [6, 6.07) is 0.571. The molecule has 0 amide bonds. The summed E-state index contributed by atoms with van der Waals surface area (Å²) < 4.78 is 5.47. The Morgan fingerprint density at radius 1 is 1.44 bits per heavy atom. The van der Waals surface area contributed by atoms with Gasteiger partial charge in [-0.1, -0.05) is 6.92 Å². The minimum atomic E-state index is -0.0141. The molecule has 0 spiro atoms. The zero-order valence-electron chi connectivity index (χ0n) is 11.3. The molecular formula is C13H28N2O. The molecule has 1 rings (SSSR count). The molecule has 1 aliphatic heterocycles. The molecular weight excluding hydrogens is 200 g/mol. The van der Waals surface area contributed by atoms with Gasteiger partial charge >= 0.3 is 0 Å². The van der Waals surface area contributed by atoms with Gasteiger partial charge in [0.2, 0.25) is 0 Å². The lowest BCUT2D eigenvalue weighted by atomic mass is 9.90. The van der Waals surface area contributed by atoms with E-state index in [1.54, 1.807) is 7.11 Å². The van der Waals surface area contributed by atoms with Gasteiger partial charge in [-0.2, -0.15) is 0 Å². The van der Waals surface area contributed by atoms with Gasteiger partial charge in [0, 0.05) is 26.2 Å². The fourth-order valence-corrected chi connectivity index (χ4v) is 2.51. The number of hydrogen-bond donors (Lipinski definition) is 1. The number of hydrogen-bond acceptors (Lipinski definition) is 3. The van der Waals surface area contributed by atoms with Gasteiger partial charge < -0.3 is 10.5 Å². The van der Waals surface area contributed by atoms with Gasteiger partial charge in [0.25, 0.3) is 0 Å². The maximum absolute atomic E-state index is 5.88. The van der Waals surface area contributed by atoms with Gasteiger partial charge in [0.05, 0.1) is 5.60 Å². The van der Waals surface area contributed by atoms with Crippen LogP contribution < -0.4 is 5.73 Å². The van der Waals surface area contributed by atoms with Crippen molar-refractivity contribution in [1.82, 2.24) is 4.90 Å². The third-order valence-corrected chi connectivity index (χ3v) is 4.03. The van der Waals surface area contributed by atoms with Gasteiger partial charge in [-0.25, -0.2) is 0 Å². The second kappa shape index (κ2) is 5.99. The van der Waals surface area contributed by atoms with E-state index < -0.39 is 0 Å². The number of methoxy groups -OCH3 is 1. The van der Waals surface area contributed by atoms with E-state index in [1.807, 2.05) is 0 Å². The summed E-state index contributed by atoms with van der Waals surface area (Å²) in [4.78, 5) is 2.55. The Bertz CT molecular complexity index is 206. The first-order chi connectivity index (χ1) is 7.50. The van der Waals surface area contributed by atoms with Gasteiger partial charge in [0.15, 0.2) is 0 Å². The van der Waals surface area contributed by atoms with Crippen molar-refractivity contribution in [2.75, 3.05) is 26.7 Å². The largest absolute Gasteiger partial charge is 0.379 e. The molecule has 1 aliphatic rings. The van der Waals surface area contributed by atoms with Crippen molar-refractivity contribution < 1.29 is 4.74 Å². The average molecular weight is 228 g/mol. The Balaban J connectivity index is 2.45. The van der Waals surface area contributed by atoms with E-state index in [-0.39, 0.29) is 5.60 Å². The first kappa shape index (κ1) is 13.9. The quantitative estimate of drug-likeness (QED) is 0.780. The van der Waals surface area contributed by atoms with Crippen molar-refractivity contribution >= 4 is 0 Å². The topological polar surface area (TPSA) is 38.5 Å². The third kappa shape index (κ3) is 3.72. The number of ether oxygens (including phenoxy) is 1. The Labute approximate surface area is 100 Å². The Kier molecular flexibility index (Phi) is 5.22. The van der Waals surface area contributed by atoms with E-state index in [2.05, 4.69) is 25.7 Å². The fourth-order valence-electron chi connectivity index (χ4n) is 2.51. The van der Waals surface area contributed by atoms with Crippen LogP contribution in [0.3, 0.4) is 0 Å². The molecule has 96 valence electrons. The molecule has 3 heteroatoms. The van der Waals surface area contributed by atoms with Crippen LogP contribution in [0.15, 0.2) is 0 Å². The number of rotatable bonds is 5. The standard InChI is InChI=1S/C13H28N2O/c1-11-6-5-8-15(12(11)10-14)9-7-13(2,3)16-4/h11-12H,5-10,14H2,1-4H3. The lowest BCUT2D eigenvalue weighted by molar-refractivity contribution is -0.00267. The molecule has 2 unspecified atom stereocenters. The predicted molar refractivity (Wildman–Crippen MR) is 68.5 cm³/mol. The van der Waals surface area contributed by atoms with Gasteiger partial charge in [-0.3, -0.25) is 4.90 Å². The smallest absolute Gasteiger partial charge is 0.0634 e. The zero-order valence-corrected chi connectivity index (χ0v) is 11.3. The van der Waals surface area contributed by atoms with Crippen LogP contribution in [0.5, 0.6) is 0 Å². The number of likely N-dealkylation sites (tertiary alicyclic amines) is 1. The fraction of sp³-hybridized carbons (Fsp3) is 1.00. The molecule has 1 fully saturated rings. The molecule has 0 aliphatic carbocycles. The van der Waals surface area contributed by atoms with Gasteiger partial charge in [0.1, 0.15) is 0 Å². The molecule has 3 nitrogen and oxygen atoms in total. The minimum Gasteiger partial charge on any atom is -0.379 e. The summed E-state index contributed by atoms with van der Waals surface area (Å²) in [5.74, 6) is 0.740. The molecule has 0 bridgehead atoms. The van der Waals surface area contributed by atoms with E-state index in [9.17, 15) is 0 Å². The normalized spacial score (nSPS) is 28.3. The third-order valence-electron chi connectivity index (χ3n) is 4.03. The molecule has 0 saturated carbocycles. The number of piperidine rings is 1. The molecule has 0 aromatic heterocycles. The van der Waals surface area contributed by atoms with Crippen LogP contribution in [0.1, 0.15) is 40.0 Å². The van der Waals surface area contributed by atoms with Crippen LogP contribution in [0.2, 0.25) is 0 Å². The van der Waals surface area contributed by atoms with Crippen LogP contribution in [-0.4, -0.2) is 43.3 Å². The second-order valence-electron chi connectivity index (χ2n) is 5.67. The van der Waals surface area contributed by atoms with Crippen LogP contribution in [0.25, 0.3) is 0 Å². The van der Waals surface area contributed by atoms with E-state index in [1.165, 1.54) is 19.4 Å². The van der Waals surface area contributed by atoms with Gasteiger partial charge in [-0.05, 0) is 45.6 Å². The van der Waals surface area contributed by atoms with E-state index >= 15 is 0 Å². The Morgan fingerprint density at radius 2 is 2.12 bits per heavy atom. The van der Waals surface area contributed by atoms with Crippen molar-refractivity contribution in [2.45, 2.75) is 51.7 Å².